The summed E-state index contributed by atoms with van der Waals surface area (Å²) in [6.07, 6.45) is 2.18. The smallest absolute Gasteiger partial charge is 0.303 e. The molecule has 2 heterocycles. The van der Waals surface area contributed by atoms with Crippen LogP contribution in [0.25, 0.3) is 0 Å². The minimum atomic E-state index is -0.800. The summed E-state index contributed by atoms with van der Waals surface area (Å²) in [5, 5.41) is 8.75. The van der Waals surface area contributed by atoms with Gasteiger partial charge >= 0.3 is 5.97 Å². The molecule has 2 aliphatic heterocycles. The highest BCUT2D eigenvalue weighted by Crippen LogP contribution is 2.21. The Kier molecular flexibility index (Phi) is 4.93. The Bertz CT molecular complexity index is 438. The average Bonchev–Trinajstić information content (AvgIpc) is 2.75. The molecule has 2 fully saturated rings. The molecule has 0 bridgehead atoms. The third kappa shape index (κ3) is 4.03. The van der Waals surface area contributed by atoms with Crippen LogP contribution < -0.4 is 0 Å². The molecular weight excluding hydrogens is 276 g/mol. The van der Waals surface area contributed by atoms with Crippen molar-refractivity contribution in [3.05, 3.63) is 0 Å². The molecule has 0 atom stereocenters. The zero-order valence-corrected chi connectivity index (χ0v) is 11.9. The van der Waals surface area contributed by atoms with Crippen molar-refractivity contribution >= 4 is 23.7 Å². The number of rotatable bonds is 5. The maximum atomic E-state index is 12.1. The highest BCUT2D eigenvalue weighted by atomic mass is 16.4. The van der Waals surface area contributed by atoms with Crippen LogP contribution in [0.15, 0.2) is 0 Å². The van der Waals surface area contributed by atoms with E-state index in [1.165, 1.54) is 0 Å². The van der Waals surface area contributed by atoms with Crippen LogP contribution in [0.4, 0.5) is 0 Å². The number of imide groups is 1. The van der Waals surface area contributed by atoms with Crippen molar-refractivity contribution in [2.75, 3.05) is 19.6 Å². The SMILES string of the molecule is O=C(O)CC1CCN(C(=O)CCN2C(=O)CCC2=O)CC1. The summed E-state index contributed by atoms with van der Waals surface area (Å²) in [7, 11) is 0. The van der Waals surface area contributed by atoms with Crippen LogP contribution in [0.1, 0.15) is 38.5 Å². The maximum Gasteiger partial charge on any atom is 0.303 e. The number of carbonyl (C=O) groups is 4. The molecule has 2 aliphatic rings. The monoisotopic (exact) mass is 296 g/mol. The standard InChI is InChI=1S/C14H20N2O5/c17-11(5-8-16-12(18)1-2-13(16)19)15-6-3-10(4-7-15)9-14(20)21/h10H,1-9H2,(H,20,21). The molecule has 0 saturated carbocycles. The minimum Gasteiger partial charge on any atom is -0.481 e. The summed E-state index contributed by atoms with van der Waals surface area (Å²) in [5.74, 6) is -1.14. The number of hydrogen-bond donors (Lipinski definition) is 1. The van der Waals surface area contributed by atoms with Crippen LogP contribution >= 0.6 is 0 Å². The van der Waals surface area contributed by atoms with E-state index in [0.29, 0.717) is 25.9 Å². The lowest BCUT2D eigenvalue weighted by Gasteiger charge is -2.31. The molecule has 2 saturated heterocycles. The van der Waals surface area contributed by atoms with Crippen molar-refractivity contribution < 1.29 is 24.3 Å². The minimum absolute atomic E-state index is 0.0729. The highest BCUT2D eigenvalue weighted by Gasteiger charge is 2.30. The Morgan fingerprint density at radius 1 is 1.10 bits per heavy atom. The number of carbonyl (C=O) groups excluding carboxylic acids is 3. The molecule has 7 heteroatoms. The van der Waals surface area contributed by atoms with Crippen LogP contribution in [0.3, 0.4) is 0 Å². The number of hydrogen-bond acceptors (Lipinski definition) is 4. The molecule has 21 heavy (non-hydrogen) atoms. The van der Waals surface area contributed by atoms with Gasteiger partial charge in [-0.25, -0.2) is 0 Å². The van der Waals surface area contributed by atoms with E-state index in [2.05, 4.69) is 0 Å². The highest BCUT2D eigenvalue weighted by molar-refractivity contribution is 6.02. The van der Waals surface area contributed by atoms with Gasteiger partial charge in [0.2, 0.25) is 17.7 Å². The van der Waals surface area contributed by atoms with Gasteiger partial charge in [0.05, 0.1) is 0 Å². The molecule has 0 aromatic heterocycles. The second-order valence-corrected chi connectivity index (χ2v) is 5.61. The lowest BCUT2D eigenvalue weighted by Crippen LogP contribution is -2.41. The van der Waals surface area contributed by atoms with E-state index in [0.717, 1.165) is 4.90 Å². The molecular formula is C14H20N2O5. The van der Waals surface area contributed by atoms with Crippen molar-refractivity contribution in [3.63, 3.8) is 0 Å². The van der Waals surface area contributed by atoms with Crippen LogP contribution in [-0.4, -0.2) is 58.2 Å². The molecule has 2 rings (SSSR count). The fraction of sp³-hybridized carbons (Fsp3) is 0.714. The fourth-order valence-electron chi connectivity index (χ4n) is 2.87. The fourth-order valence-corrected chi connectivity index (χ4v) is 2.87. The lowest BCUT2D eigenvalue weighted by molar-refractivity contribution is -0.139. The Morgan fingerprint density at radius 3 is 2.19 bits per heavy atom. The van der Waals surface area contributed by atoms with Crippen molar-refractivity contribution in [1.29, 1.82) is 0 Å². The molecule has 0 aromatic rings. The van der Waals surface area contributed by atoms with E-state index in [4.69, 9.17) is 5.11 Å². The van der Waals surface area contributed by atoms with E-state index >= 15 is 0 Å². The molecule has 0 spiro atoms. The summed E-state index contributed by atoms with van der Waals surface area (Å²) in [4.78, 5) is 48.4. The zero-order valence-electron chi connectivity index (χ0n) is 11.9. The van der Waals surface area contributed by atoms with E-state index in [-0.39, 0.29) is 55.9 Å². The molecule has 0 radical (unpaired) electrons. The predicted octanol–water partition coefficient (Wildman–Crippen LogP) is 0.239. The Balaban J connectivity index is 1.73. The van der Waals surface area contributed by atoms with Gasteiger partial charge in [0.1, 0.15) is 0 Å². The van der Waals surface area contributed by atoms with Crippen LogP contribution in [-0.2, 0) is 19.2 Å². The zero-order chi connectivity index (χ0) is 15.4. The Labute approximate surface area is 122 Å². The first-order valence-corrected chi connectivity index (χ1v) is 7.30. The molecule has 7 nitrogen and oxygen atoms in total. The summed E-state index contributed by atoms with van der Waals surface area (Å²) in [6, 6.07) is 0. The molecule has 1 N–H and O–H groups in total. The van der Waals surface area contributed by atoms with E-state index in [1.54, 1.807) is 4.90 Å². The molecule has 0 aromatic carbocycles. The number of piperidine rings is 1. The predicted molar refractivity (Wildman–Crippen MR) is 72.1 cm³/mol. The third-order valence-corrected chi connectivity index (χ3v) is 4.13. The molecule has 116 valence electrons. The molecule has 0 aliphatic carbocycles. The van der Waals surface area contributed by atoms with Crippen molar-refractivity contribution in [2.45, 2.75) is 38.5 Å². The number of nitrogens with zero attached hydrogens (tertiary/aromatic N) is 2. The van der Waals surface area contributed by atoms with Crippen molar-refractivity contribution in [3.8, 4) is 0 Å². The van der Waals surface area contributed by atoms with Gasteiger partial charge in [0.25, 0.3) is 0 Å². The van der Waals surface area contributed by atoms with Gasteiger partial charge in [0.15, 0.2) is 0 Å². The van der Waals surface area contributed by atoms with Gasteiger partial charge in [-0.1, -0.05) is 0 Å². The molecule has 0 unspecified atom stereocenters. The number of carboxylic acids is 1. The Hall–Kier alpha value is -1.92. The van der Waals surface area contributed by atoms with Crippen LogP contribution in [0.2, 0.25) is 0 Å². The van der Waals surface area contributed by atoms with Gasteiger partial charge in [-0.3, -0.25) is 24.1 Å². The van der Waals surface area contributed by atoms with Crippen LogP contribution in [0, 0.1) is 5.92 Å². The van der Waals surface area contributed by atoms with E-state index < -0.39 is 5.97 Å². The summed E-state index contributed by atoms with van der Waals surface area (Å²) in [6.45, 7) is 1.27. The number of amides is 3. The summed E-state index contributed by atoms with van der Waals surface area (Å²) < 4.78 is 0. The van der Waals surface area contributed by atoms with Gasteiger partial charge in [-0.2, -0.15) is 0 Å². The van der Waals surface area contributed by atoms with Crippen molar-refractivity contribution in [1.82, 2.24) is 9.80 Å². The first-order valence-electron chi connectivity index (χ1n) is 7.30. The first kappa shape index (κ1) is 15.5. The van der Waals surface area contributed by atoms with Gasteiger partial charge in [-0.05, 0) is 18.8 Å². The topological polar surface area (TPSA) is 95.0 Å². The number of carboxylic acid groups (broad SMARTS) is 1. The lowest BCUT2D eigenvalue weighted by atomic mass is 9.93. The molecule has 3 amide bonds. The van der Waals surface area contributed by atoms with Gasteiger partial charge in [0, 0.05) is 45.3 Å². The Morgan fingerprint density at radius 2 is 1.67 bits per heavy atom. The average molecular weight is 296 g/mol. The third-order valence-electron chi connectivity index (χ3n) is 4.13. The summed E-state index contributed by atoms with van der Waals surface area (Å²) in [5.41, 5.74) is 0. The second kappa shape index (κ2) is 6.69. The second-order valence-electron chi connectivity index (χ2n) is 5.61. The normalized spacial score (nSPS) is 20.2. The summed E-state index contributed by atoms with van der Waals surface area (Å²) >= 11 is 0. The number of likely N-dealkylation sites (tertiary alicyclic amines) is 2. The quantitative estimate of drug-likeness (QED) is 0.733. The van der Waals surface area contributed by atoms with E-state index in [1.807, 2.05) is 0 Å². The number of aliphatic carboxylic acids is 1. The maximum absolute atomic E-state index is 12.1. The largest absolute Gasteiger partial charge is 0.481 e. The van der Waals surface area contributed by atoms with Crippen LogP contribution in [0.5, 0.6) is 0 Å². The van der Waals surface area contributed by atoms with Gasteiger partial charge < -0.3 is 10.0 Å². The first-order chi connectivity index (χ1) is 9.97. The van der Waals surface area contributed by atoms with E-state index in [9.17, 15) is 19.2 Å². The van der Waals surface area contributed by atoms with Gasteiger partial charge in [-0.15, -0.1) is 0 Å². The van der Waals surface area contributed by atoms with Crippen molar-refractivity contribution in [2.24, 2.45) is 5.92 Å².